The molecule has 1 aliphatic carbocycles. The zero-order valence-electron chi connectivity index (χ0n) is 13.5. The summed E-state index contributed by atoms with van der Waals surface area (Å²) < 4.78 is 1.83. The lowest BCUT2D eigenvalue weighted by molar-refractivity contribution is 0.462. The first-order valence-electron chi connectivity index (χ1n) is 8.26. The molecule has 6 heteroatoms. The van der Waals surface area contributed by atoms with E-state index >= 15 is 0 Å². The minimum Gasteiger partial charge on any atom is -0.367 e. The molecule has 1 saturated carbocycles. The molecule has 3 aromatic rings. The summed E-state index contributed by atoms with van der Waals surface area (Å²) in [5.41, 5.74) is 2.04. The maximum Gasteiger partial charge on any atom is 0.254 e. The molecule has 0 bridgehead atoms. The number of hydrogen-bond acceptors (Lipinski definition) is 5. The summed E-state index contributed by atoms with van der Waals surface area (Å²) in [6.45, 7) is 4.03. The molecule has 0 aliphatic heterocycles. The maximum atomic E-state index is 4.80. The highest BCUT2D eigenvalue weighted by molar-refractivity contribution is 7.16. The van der Waals surface area contributed by atoms with Crippen molar-refractivity contribution in [3.05, 3.63) is 28.9 Å². The van der Waals surface area contributed by atoms with Crippen LogP contribution in [0.25, 0.3) is 16.2 Å². The van der Waals surface area contributed by atoms with Crippen LogP contribution in [0.15, 0.2) is 17.5 Å². The Morgan fingerprint density at radius 1 is 1.17 bits per heavy atom. The van der Waals surface area contributed by atoms with Gasteiger partial charge in [-0.25, -0.2) is 4.68 Å². The summed E-state index contributed by atoms with van der Waals surface area (Å²) in [5, 5.41) is 11.4. The normalized spacial score (nSPS) is 16.1. The van der Waals surface area contributed by atoms with E-state index in [-0.39, 0.29) is 0 Å². The lowest BCUT2D eigenvalue weighted by Gasteiger charge is -2.23. The smallest absolute Gasteiger partial charge is 0.254 e. The van der Waals surface area contributed by atoms with Crippen LogP contribution in [0.4, 0.5) is 5.82 Å². The van der Waals surface area contributed by atoms with Gasteiger partial charge in [0.2, 0.25) is 0 Å². The third-order valence-corrected chi connectivity index (χ3v) is 5.26. The van der Waals surface area contributed by atoms with Gasteiger partial charge < -0.3 is 5.32 Å². The van der Waals surface area contributed by atoms with Gasteiger partial charge in [0.15, 0.2) is 0 Å². The van der Waals surface area contributed by atoms with Crippen LogP contribution in [0, 0.1) is 13.8 Å². The van der Waals surface area contributed by atoms with Crippen LogP contribution in [0.2, 0.25) is 0 Å². The average molecular weight is 327 g/mol. The van der Waals surface area contributed by atoms with Gasteiger partial charge in [0.1, 0.15) is 10.6 Å². The maximum absolute atomic E-state index is 4.80. The van der Waals surface area contributed by atoms with E-state index in [9.17, 15) is 0 Å². The van der Waals surface area contributed by atoms with E-state index in [2.05, 4.69) is 27.9 Å². The molecule has 1 aliphatic rings. The molecule has 1 fully saturated rings. The number of nitrogens with one attached hydrogen (secondary N) is 1. The Labute approximate surface area is 139 Å². The second-order valence-corrected chi connectivity index (χ2v) is 7.22. The van der Waals surface area contributed by atoms with Gasteiger partial charge in [-0.2, -0.15) is 15.1 Å². The Morgan fingerprint density at radius 3 is 2.74 bits per heavy atom. The van der Waals surface area contributed by atoms with Gasteiger partial charge in [-0.1, -0.05) is 19.3 Å². The van der Waals surface area contributed by atoms with Crippen molar-refractivity contribution in [1.29, 1.82) is 0 Å². The Hall–Kier alpha value is -1.95. The largest absolute Gasteiger partial charge is 0.367 e. The molecule has 3 heterocycles. The highest BCUT2D eigenvalue weighted by atomic mass is 32.1. The lowest BCUT2D eigenvalue weighted by Crippen LogP contribution is -2.23. The van der Waals surface area contributed by atoms with Gasteiger partial charge >= 0.3 is 0 Å². The summed E-state index contributed by atoms with van der Waals surface area (Å²) in [5.74, 6) is 1.61. The van der Waals surface area contributed by atoms with Gasteiger partial charge in [0.25, 0.3) is 5.95 Å². The first-order chi connectivity index (χ1) is 11.2. The van der Waals surface area contributed by atoms with E-state index in [1.165, 1.54) is 32.1 Å². The number of aryl methyl sites for hydroxylation is 2. The second kappa shape index (κ2) is 5.92. The molecule has 23 heavy (non-hydrogen) atoms. The third kappa shape index (κ3) is 2.83. The number of anilines is 1. The van der Waals surface area contributed by atoms with Gasteiger partial charge in [0.05, 0.1) is 11.1 Å². The number of thiophene rings is 1. The molecule has 3 aromatic heterocycles. The highest BCUT2D eigenvalue weighted by Crippen LogP contribution is 2.29. The van der Waals surface area contributed by atoms with Gasteiger partial charge in [-0.15, -0.1) is 11.3 Å². The minimum atomic E-state index is 0.523. The van der Waals surface area contributed by atoms with Crippen molar-refractivity contribution in [3.63, 3.8) is 0 Å². The summed E-state index contributed by atoms with van der Waals surface area (Å²) >= 11 is 1.65. The van der Waals surface area contributed by atoms with Crippen LogP contribution in [0.1, 0.15) is 43.5 Å². The minimum absolute atomic E-state index is 0.523. The van der Waals surface area contributed by atoms with Crippen LogP contribution in [-0.4, -0.2) is 25.8 Å². The molecule has 0 spiro atoms. The van der Waals surface area contributed by atoms with Crippen molar-refractivity contribution < 1.29 is 0 Å². The fraction of sp³-hybridized carbons (Fsp3) is 0.471. The molecule has 4 rings (SSSR count). The first-order valence-corrected chi connectivity index (χ1v) is 9.14. The van der Waals surface area contributed by atoms with Crippen molar-refractivity contribution in [2.45, 2.75) is 52.0 Å². The van der Waals surface area contributed by atoms with Crippen molar-refractivity contribution in [2.75, 3.05) is 5.32 Å². The predicted molar refractivity (Wildman–Crippen MR) is 94.5 cm³/mol. The summed E-state index contributed by atoms with van der Waals surface area (Å²) in [6, 6.07) is 4.68. The van der Waals surface area contributed by atoms with E-state index in [0.717, 1.165) is 27.4 Å². The van der Waals surface area contributed by atoms with E-state index < -0.39 is 0 Å². The Balaban J connectivity index is 1.76. The second-order valence-electron chi connectivity index (χ2n) is 6.33. The zero-order chi connectivity index (χ0) is 15.8. The van der Waals surface area contributed by atoms with Crippen LogP contribution in [0.3, 0.4) is 0 Å². The monoisotopic (exact) mass is 327 g/mol. The van der Waals surface area contributed by atoms with Crippen LogP contribution < -0.4 is 5.32 Å². The van der Waals surface area contributed by atoms with Crippen molar-refractivity contribution in [2.24, 2.45) is 0 Å². The summed E-state index contributed by atoms with van der Waals surface area (Å²) in [7, 11) is 0. The molecule has 120 valence electrons. The van der Waals surface area contributed by atoms with Crippen molar-refractivity contribution in [1.82, 2.24) is 19.7 Å². The summed E-state index contributed by atoms with van der Waals surface area (Å²) in [4.78, 5) is 10.5. The lowest BCUT2D eigenvalue weighted by atomic mass is 9.95. The molecule has 5 nitrogen and oxygen atoms in total. The molecule has 0 radical (unpaired) electrons. The summed E-state index contributed by atoms with van der Waals surface area (Å²) in [6.07, 6.45) is 6.42. The molecular formula is C17H21N5S. The topological polar surface area (TPSA) is 55.6 Å². The number of hydrogen-bond donors (Lipinski definition) is 1. The molecule has 0 unspecified atom stereocenters. The fourth-order valence-electron chi connectivity index (χ4n) is 3.32. The van der Waals surface area contributed by atoms with Crippen LogP contribution in [-0.2, 0) is 0 Å². The average Bonchev–Trinajstić information content (AvgIpc) is 3.14. The standard InChI is InChI=1S/C17H21N5S/c1-11-10-12(2)22(21-11)17-19-15(14-8-9-23-16(14)20-17)18-13-6-4-3-5-7-13/h8-10,13H,3-7H2,1-2H3,(H,18,19,20). The molecule has 0 saturated heterocycles. The van der Waals surface area contributed by atoms with Crippen LogP contribution >= 0.6 is 11.3 Å². The van der Waals surface area contributed by atoms with Crippen molar-refractivity contribution in [3.8, 4) is 5.95 Å². The molecule has 0 amide bonds. The van der Waals surface area contributed by atoms with Gasteiger partial charge in [-0.05, 0) is 44.2 Å². The third-order valence-electron chi connectivity index (χ3n) is 4.46. The van der Waals surface area contributed by atoms with E-state index in [1.54, 1.807) is 11.3 Å². The van der Waals surface area contributed by atoms with E-state index in [4.69, 9.17) is 9.97 Å². The van der Waals surface area contributed by atoms with Crippen molar-refractivity contribution >= 4 is 27.4 Å². The fourth-order valence-corrected chi connectivity index (χ4v) is 4.08. The van der Waals surface area contributed by atoms with Gasteiger partial charge in [0, 0.05) is 11.7 Å². The Bertz CT molecular complexity index is 829. The molecule has 1 N–H and O–H groups in total. The number of rotatable bonds is 3. The SMILES string of the molecule is Cc1cc(C)n(-c2nc(NC3CCCCC3)c3ccsc3n2)n1. The molecule has 0 atom stereocenters. The Kier molecular flexibility index (Phi) is 3.77. The quantitative estimate of drug-likeness (QED) is 0.782. The first kappa shape index (κ1) is 14.6. The zero-order valence-corrected chi connectivity index (χ0v) is 14.4. The predicted octanol–water partition coefficient (Wildman–Crippen LogP) is 4.24. The Morgan fingerprint density at radius 2 is 2.00 bits per heavy atom. The van der Waals surface area contributed by atoms with E-state index in [1.807, 2.05) is 18.5 Å². The van der Waals surface area contributed by atoms with Gasteiger partial charge in [-0.3, -0.25) is 0 Å². The number of fused-ring (bicyclic) bond motifs is 1. The van der Waals surface area contributed by atoms with Crippen LogP contribution in [0.5, 0.6) is 0 Å². The number of aromatic nitrogens is 4. The number of nitrogens with zero attached hydrogens (tertiary/aromatic N) is 4. The molecule has 0 aromatic carbocycles. The highest BCUT2D eigenvalue weighted by Gasteiger charge is 2.17. The van der Waals surface area contributed by atoms with E-state index in [0.29, 0.717) is 12.0 Å². The molecular weight excluding hydrogens is 306 g/mol.